The van der Waals surface area contributed by atoms with Gasteiger partial charge in [-0.25, -0.2) is 9.78 Å². The molecule has 1 aromatic carbocycles. The van der Waals surface area contributed by atoms with Gasteiger partial charge >= 0.3 is 6.09 Å². The molecular formula is C15H16N2O2S. The molecule has 0 saturated carbocycles. The second-order valence-electron chi connectivity index (χ2n) is 5.71. The minimum Gasteiger partial charge on any atom is -0.443 e. The lowest BCUT2D eigenvalue weighted by atomic mass is 10.0. The van der Waals surface area contributed by atoms with Gasteiger partial charge in [-0.05, 0) is 26.8 Å². The summed E-state index contributed by atoms with van der Waals surface area (Å²) in [7, 11) is 0. The Labute approximate surface area is 122 Å². The van der Waals surface area contributed by atoms with E-state index in [2.05, 4.69) is 4.98 Å². The molecule has 3 rings (SSSR count). The van der Waals surface area contributed by atoms with Crippen molar-refractivity contribution in [3.05, 3.63) is 35.5 Å². The van der Waals surface area contributed by atoms with Crippen LogP contribution >= 0.6 is 11.3 Å². The van der Waals surface area contributed by atoms with E-state index < -0.39 is 5.60 Å². The van der Waals surface area contributed by atoms with Crippen LogP contribution in [0.4, 0.5) is 10.5 Å². The van der Waals surface area contributed by atoms with Crippen LogP contribution < -0.4 is 4.90 Å². The van der Waals surface area contributed by atoms with Gasteiger partial charge in [0.25, 0.3) is 0 Å². The molecule has 1 aromatic heterocycles. The molecule has 2 heterocycles. The zero-order valence-corrected chi connectivity index (χ0v) is 12.5. The SMILES string of the molecule is CC(C)(C)OC(=O)N1Cc2ncsc2-c2ccccc21. The van der Waals surface area contributed by atoms with Crippen molar-refractivity contribution in [1.29, 1.82) is 0 Å². The van der Waals surface area contributed by atoms with Gasteiger partial charge in [0.2, 0.25) is 0 Å². The van der Waals surface area contributed by atoms with Crippen LogP contribution in [-0.2, 0) is 11.3 Å². The number of thiazole rings is 1. The van der Waals surface area contributed by atoms with E-state index in [0.717, 1.165) is 21.8 Å². The molecule has 0 atom stereocenters. The second kappa shape index (κ2) is 4.59. The number of para-hydroxylation sites is 1. The van der Waals surface area contributed by atoms with Crippen LogP contribution in [0.1, 0.15) is 26.5 Å². The van der Waals surface area contributed by atoms with Gasteiger partial charge in [0.05, 0.1) is 28.3 Å². The summed E-state index contributed by atoms with van der Waals surface area (Å²) in [6, 6.07) is 7.87. The molecule has 2 aromatic rings. The molecule has 0 aliphatic carbocycles. The number of hydrogen-bond acceptors (Lipinski definition) is 4. The number of ether oxygens (including phenoxy) is 1. The molecule has 0 unspecified atom stereocenters. The van der Waals surface area contributed by atoms with Crippen LogP contribution in [0.3, 0.4) is 0 Å². The van der Waals surface area contributed by atoms with Gasteiger partial charge < -0.3 is 4.74 Å². The lowest BCUT2D eigenvalue weighted by molar-refractivity contribution is 0.0577. The van der Waals surface area contributed by atoms with Gasteiger partial charge in [-0.3, -0.25) is 4.90 Å². The summed E-state index contributed by atoms with van der Waals surface area (Å²) >= 11 is 1.61. The fraction of sp³-hybridized carbons (Fsp3) is 0.333. The van der Waals surface area contributed by atoms with E-state index in [0.29, 0.717) is 6.54 Å². The number of hydrogen-bond donors (Lipinski definition) is 0. The van der Waals surface area contributed by atoms with E-state index in [1.165, 1.54) is 0 Å². The number of nitrogens with zero attached hydrogens (tertiary/aromatic N) is 2. The zero-order valence-electron chi connectivity index (χ0n) is 11.7. The zero-order chi connectivity index (χ0) is 14.3. The molecule has 0 spiro atoms. The van der Waals surface area contributed by atoms with E-state index in [-0.39, 0.29) is 6.09 Å². The highest BCUT2D eigenvalue weighted by Gasteiger charge is 2.30. The van der Waals surface area contributed by atoms with Gasteiger partial charge in [-0.1, -0.05) is 18.2 Å². The monoisotopic (exact) mass is 288 g/mol. The summed E-state index contributed by atoms with van der Waals surface area (Å²) in [6.07, 6.45) is -0.330. The Morgan fingerprint density at radius 1 is 1.35 bits per heavy atom. The topological polar surface area (TPSA) is 42.4 Å². The predicted octanol–water partition coefficient (Wildman–Crippen LogP) is 4.07. The molecule has 4 nitrogen and oxygen atoms in total. The first-order valence-electron chi connectivity index (χ1n) is 6.48. The van der Waals surface area contributed by atoms with Crippen molar-refractivity contribution in [2.45, 2.75) is 32.9 Å². The summed E-state index contributed by atoms with van der Waals surface area (Å²) in [6.45, 7) is 6.07. The van der Waals surface area contributed by atoms with E-state index in [1.54, 1.807) is 16.2 Å². The first kappa shape index (κ1) is 13.1. The Bertz CT molecular complexity index is 658. The lowest BCUT2D eigenvalue weighted by Crippen LogP contribution is -2.38. The number of carbonyl (C=O) groups is 1. The van der Waals surface area contributed by atoms with Gasteiger partial charge in [0.15, 0.2) is 0 Å². The average molecular weight is 288 g/mol. The van der Waals surface area contributed by atoms with Crippen molar-refractivity contribution < 1.29 is 9.53 Å². The molecular weight excluding hydrogens is 272 g/mol. The van der Waals surface area contributed by atoms with E-state index in [1.807, 2.05) is 50.5 Å². The maximum Gasteiger partial charge on any atom is 0.415 e. The minimum atomic E-state index is -0.506. The number of rotatable bonds is 0. The fourth-order valence-corrected chi connectivity index (χ4v) is 3.05. The van der Waals surface area contributed by atoms with Gasteiger partial charge in [-0.15, -0.1) is 11.3 Å². The third kappa shape index (κ3) is 2.29. The molecule has 0 saturated heterocycles. The van der Waals surface area contributed by atoms with Crippen molar-refractivity contribution in [1.82, 2.24) is 4.98 Å². The molecule has 0 N–H and O–H groups in total. The number of amides is 1. The first-order chi connectivity index (χ1) is 9.46. The van der Waals surface area contributed by atoms with Crippen LogP contribution in [0, 0.1) is 0 Å². The van der Waals surface area contributed by atoms with Crippen LogP contribution in [0.5, 0.6) is 0 Å². The van der Waals surface area contributed by atoms with Crippen LogP contribution in [-0.4, -0.2) is 16.7 Å². The Hall–Kier alpha value is -1.88. The average Bonchev–Trinajstić information content (AvgIpc) is 2.84. The number of anilines is 1. The number of carbonyl (C=O) groups excluding carboxylic acids is 1. The van der Waals surface area contributed by atoms with Gasteiger partial charge in [0, 0.05) is 5.56 Å². The molecule has 0 radical (unpaired) electrons. The maximum absolute atomic E-state index is 12.4. The Kier molecular flexibility index (Phi) is 3.01. The molecule has 104 valence electrons. The summed E-state index contributed by atoms with van der Waals surface area (Å²) in [5.74, 6) is 0. The summed E-state index contributed by atoms with van der Waals surface area (Å²) in [4.78, 5) is 19.5. The van der Waals surface area contributed by atoms with Gasteiger partial charge in [0.1, 0.15) is 5.60 Å². The highest BCUT2D eigenvalue weighted by atomic mass is 32.1. The third-order valence-corrected chi connectivity index (χ3v) is 3.90. The Morgan fingerprint density at radius 3 is 2.85 bits per heavy atom. The standard InChI is InChI=1S/C15H16N2O2S/c1-15(2,3)19-14(18)17-8-11-13(20-9-16-11)10-6-4-5-7-12(10)17/h4-7,9H,8H2,1-3H3. The summed E-state index contributed by atoms with van der Waals surface area (Å²) in [5.41, 5.74) is 4.18. The number of fused-ring (bicyclic) bond motifs is 3. The van der Waals surface area contributed by atoms with Crippen molar-refractivity contribution in [2.24, 2.45) is 0 Å². The predicted molar refractivity (Wildman–Crippen MR) is 80.0 cm³/mol. The van der Waals surface area contributed by atoms with Crippen molar-refractivity contribution in [3.8, 4) is 10.4 Å². The van der Waals surface area contributed by atoms with E-state index in [4.69, 9.17) is 4.74 Å². The highest BCUT2D eigenvalue weighted by molar-refractivity contribution is 7.13. The third-order valence-electron chi connectivity index (χ3n) is 3.00. The fourth-order valence-electron chi connectivity index (χ4n) is 2.22. The smallest absolute Gasteiger partial charge is 0.415 e. The van der Waals surface area contributed by atoms with Crippen molar-refractivity contribution in [2.75, 3.05) is 4.90 Å². The van der Waals surface area contributed by atoms with E-state index >= 15 is 0 Å². The maximum atomic E-state index is 12.4. The Balaban J connectivity index is 2.01. The number of aromatic nitrogens is 1. The highest BCUT2D eigenvalue weighted by Crippen LogP contribution is 2.41. The molecule has 1 aliphatic heterocycles. The molecule has 0 fully saturated rings. The molecule has 1 aliphatic rings. The van der Waals surface area contributed by atoms with Gasteiger partial charge in [-0.2, -0.15) is 0 Å². The van der Waals surface area contributed by atoms with Crippen molar-refractivity contribution >= 4 is 23.1 Å². The van der Waals surface area contributed by atoms with Crippen molar-refractivity contribution in [3.63, 3.8) is 0 Å². The van der Waals surface area contributed by atoms with E-state index in [9.17, 15) is 4.79 Å². The second-order valence-corrected chi connectivity index (χ2v) is 6.57. The summed E-state index contributed by atoms with van der Waals surface area (Å²) in [5, 5.41) is 0. The van der Waals surface area contributed by atoms with Crippen LogP contribution in [0.2, 0.25) is 0 Å². The number of benzene rings is 1. The Morgan fingerprint density at radius 2 is 2.10 bits per heavy atom. The van der Waals surface area contributed by atoms with Crippen LogP contribution in [0.25, 0.3) is 10.4 Å². The quantitative estimate of drug-likeness (QED) is 0.734. The summed E-state index contributed by atoms with van der Waals surface area (Å²) < 4.78 is 5.49. The normalized spacial score (nSPS) is 13.7. The first-order valence-corrected chi connectivity index (χ1v) is 7.36. The largest absolute Gasteiger partial charge is 0.443 e. The lowest BCUT2D eigenvalue weighted by Gasteiger charge is -2.31. The molecule has 0 bridgehead atoms. The molecule has 1 amide bonds. The molecule has 5 heteroatoms. The molecule has 20 heavy (non-hydrogen) atoms. The van der Waals surface area contributed by atoms with Crippen LogP contribution in [0.15, 0.2) is 29.8 Å². The minimum absolute atomic E-state index is 0.330.